The molecule has 0 spiro atoms. The van der Waals surface area contributed by atoms with Crippen LogP contribution in [0.25, 0.3) is 0 Å². The number of rotatable bonds is 5. The van der Waals surface area contributed by atoms with Gasteiger partial charge in [0.25, 0.3) is 0 Å². The molecule has 0 unspecified atom stereocenters. The van der Waals surface area contributed by atoms with Crippen molar-refractivity contribution < 1.29 is 14.3 Å². The van der Waals surface area contributed by atoms with Gasteiger partial charge >= 0.3 is 6.09 Å². The Morgan fingerprint density at radius 2 is 1.89 bits per heavy atom. The molecule has 1 saturated carbocycles. The van der Waals surface area contributed by atoms with Gasteiger partial charge in [0.1, 0.15) is 11.9 Å². The molecule has 1 aliphatic carbocycles. The first kappa shape index (κ1) is 16.0. The highest BCUT2D eigenvalue weighted by Gasteiger charge is 2.25. The summed E-state index contributed by atoms with van der Waals surface area (Å²) in [6.07, 6.45) is 7.11. The maximum Gasteiger partial charge on any atom is 0.410 e. The number of aldehydes is 1. The zero-order valence-electron chi connectivity index (χ0n) is 12.5. The summed E-state index contributed by atoms with van der Waals surface area (Å²) in [5.41, 5.74) is -0.483. The molecule has 1 fully saturated rings. The summed E-state index contributed by atoms with van der Waals surface area (Å²) in [5.74, 6) is 0.563. The third-order valence-electron chi connectivity index (χ3n) is 3.37. The van der Waals surface area contributed by atoms with Crippen LogP contribution in [0.5, 0.6) is 0 Å². The first-order chi connectivity index (χ1) is 8.92. The van der Waals surface area contributed by atoms with E-state index in [1.165, 1.54) is 32.1 Å². The fourth-order valence-electron chi connectivity index (χ4n) is 2.47. The predicted molar refractivity (Wildman–Crippen MR) is 75.1 cm³/mol. The fraction of sp³-hybridized carbons (Fsp3) is 0.867. The maximum atomic E-state index is 12.1. The van der Waals surface area contributed by atoms with E-state index >= 15 is 0 Å². The highest BCUT2D eigenvalue weighted by Crippen LogP contribution is 2.25. The molecule has 19 heavy (non-hydrogen) atoms. The Kier molecular flexibility index (Phi) is 6.32. The normalized spacial score (nSPS) is 17.0. The highest BCUT2D eigenvalue weighted by atomic mass is 16.6. The lowest BCUT2D eigenvalue weighted by atomic mass is 9.89. The Morgan fingerprint density at radius 3 is 2.42 bits per heavy atom. The first-order valence-corrected chi connectivity index (χ1v) is 7.34. The van der Waals surface area contributed by atoms with Crippen LogP contribution in [0.15, 0.2) is 0 Å². The molecule has 0 aromatic rings. The molecule has 0 aliphatic heterocycles. The second-order valence-corrected chi connectivity index (χ2v) is 6.39. The molecule has 0 N–H and O–H groups in total. The van der Waals surface area contributed by atoms with Crippen LogP contribution in [-0.4, -0.2) is 36.0 Å². The van der Waals surface area contributed by atoms with E-state index in [1.807, 2.05) is 20.8 Å². The van der Waals surface area contributed by atoms with Crippen molar-refractivity contribution in [3.8, 4) is 0 Å². The minimum absolute atomic E-state index is 0.292. The maximum absolute atomic E-state index is 12.1. The zero-order valence-corrected chi connectivity index (χ0v) is 12.5. The van der Waals surface area contributed by atoms with E-state index < -0.39 is 5.60 Å². The van der Waals surface area contributed by atoms with Gasteiger partial charge in [-0.1, -0.05) is 19.3 Å². The van der Waals surface area contributed by atoms with E-state index in [9.17, 15) is 9.59 Å². The van der Waals surface area contributed by atoms with E-state index in [-0.39, 0.29) is 6.09 Å². The molecule has 0 radical (unpaired) electrons. The van der Waals surface area contributed by atoms with Crippen molar-refractivity contribution in [2.45, 2.75) is 64.9 Å². The summed E-state index contributed by atoms with van der Waals surface area (Å²) < 4.78 is 5.41. The van der Waals surface area contributed by atoms with Crippen LogP contribution in [0.2, 0.25) is 0 Å². The molecule has 4 nitrogen and oxygen atoms in total. The topological polar surface area (TPSA) is 46.6 Å². The van der Waals surface area contributed by atoms with Gasteiger partial charge in [0, 0.05) is 19.5 Å². The number of ether oxygens (including phenoxy) is 1. The molecule has 0 heterocycles. The van der Waals surface area contributed by atoms with Gasteiger partial charge in [-0.2, -0.15) is 0 Å². The van der Waals surface area contributed by atoms with Gasteiger partial charge in [0.15, 0.2) is 0 Å². The molecule has 4 heteroatoms. The van der Waals surface area contributed by atoms with Gasteiger partial charge in [0.05, 0.1) is 0 Å². The summed E-state index contributed by atoms with van der Waals surface area (Å²) in [7, 11) is 0. The van der Waals surface area contributed by atoms with E-state index in [0.29, 0.717) is 18.9 Å². The van der Waals surface area contributed by atoms with E-state index in [4.69, 9.17) is 4.74 Å². The minimum Gasteiger partial charge on any atom is -0.444 e. The van der Waals surface area contributed by atoms with E-state index in [0.717, 1.165) is 12.8 Å². The summed E-state index contributed by atoms with van der Waals surface area (Å²) in [5, 5.41) is 0. The second kappa shape index (κ2) is 7.51. The van der Waals surface area contributed by atoms with Crippen LogP contribution in [0.1, 0.15) is 59.3 Å². The van der Waals surface area contributed by atoms with Crippen LogP contribution in [0.4, 0.5) is 4.79 Å². The molecule has 0 bridgehead atoms. The average molecular weight is 269 g/mol. The predicted octanol–water partition coefficient (Wildman–Crippen LogP) is 3.39. The van der Waals surface area contributed by atoms with Gasteiger partial charge in [-0.05, 0) is 39.5 Å². The van der Waals surface area contributed by atoms with E-state index in [1.54, 1.807) is 4.90 Å². The minimum atomic E-state index is -0.483. The standard InChI is InChI=1S/C15H27NO3/c1-15(2,3)19-14(18)16(10-7-11-17)12-13-8-5-4-6-9-13/h11,13H,4-10,12H2,1-3H3. The number of hydrogen-bond donors (Lipinski definition) is 0. The quantitative estimate of drug-likeness (QED) is 0.719. The SMILES string of the molecule is CC(C)(C)OC(=O)N(CCC=O)CC1CCCCC1. The van der Waals surface area contributed by atoms with Gasteiger partial charge in [-0.15, -0.1) is 0 Å². The van der Waals surface area contributed by atoms with Crippen LogP contribution >= 0.6 is 0 Å². The fourth-order valence-corrected chi connectivity index (χ4v) is 2.47. The molecular formula is C15H27NO3. The number of carbonyl (C=O) groups excluding carboxylic acids is 2. The molecule has 0 atom stereocenters. The Bertz CT molecular complexity index is 290. The summed E-state index contributed by atoms with van der Waals surface area (Å²) in [6.45, 7) is 6.79. The van der Waals surface area contributed by atoms with Crippen molar-refractivity contribution in [1.82, 2.24) is 4.90 Å². The third-order valence-corrected chi connectivity index (χ3v) is 3.37. The molecule has 1 amide bonds. The average Bonchev–Trinajstić information content (AvgIpc) is 2.33. The number of nitrogens with zero attached hydrogens (tertiary/aromatic N) is 1. The summed E-state index contributed by atoms with van der Waals surface area (Å²) in [4.78, 5) is 24.4. The second-order valence-electron chi connectivity index (χ2n) is 6.39. The first-order valence-electron chi connectivity index (χ1n) is 7.34. The largest absolute Gasteiger partial charge is 0.444 e. The lowest BCUT2D eigenvalue weighted by molar-refractivity contribution is -0.108. The molecule has 0 aromatic carbocycles. The number of amides is 1. The monoisotopic (exact) mass is 269 g/mol. The Morgan fingerprint density at radius 1 is 1.26 bits per heavy atom. The molecule has 110 valence electrons. The van der Waals surface area contributed by atoms with Gasteiger partial charge in [0.2, 0.25) is 0 Å². The van der Waals surface area contributed by atoms with Crippen molar-refractivity contribution in [1.29, 1.82) is 0 Å². The van der Waals surface area contributed by atoms with Crippen molar-refractivity contribution in [2.24, 2.45) is 5.92 Å². The molecule has 1 rings (SSSR count). The molecule has 1 aliphatic rings. The van der Waals surface area contributed by atoms with Crippen LogP contribution in [0.3, 0.4) is 0 Å². The van der Waals surface area contributed by atoms with Crippen LogP contribution in [-0.2, 0) is 9.53 Å². The van der Waals surface area contributed by atoms with Gasteiger partial charge in [-0.3, -0.25) is 0 Å². The number of hydrogen-bond acceptors (Lipinski definition) is 3. The smallest absolute Gasteiger partial charge is 0.410 e. The Labute approximate surface area is 116 Å². The lowest BCUT2D eigenvalue weighted by Gasteiger charge is -2.31. The van der Waals surface area contributed by atoms with Crippen molar-refractivity contribution in [3.63, 3.8) is 0 Å². The zero-order chi connectivity index (χ0) is 14.3. The highest BCUT2D eigenvalue weighted by molar-refractivity contribution is 5.68. The summed E-state index contributed by atoms with van der Waals surface area (Å²) in [6, 6.07) is 0. The summed E-state index contributed by atoms with van der Waals surface area (Å²) >= 11 is 0. The Balaban J connectivity index is 2.53. The van der Waals surface area contributed by atoms with Crippen LogP contribution in [0, 0.1) is 5.92 Å². The lowest BCUT2D eigenvalue weighted by Crippen LogP contribution is -2.40. The van der Waals surface area contributed by atoms with Crippen molar-refractivity contribution in [3.05, 3.63) is 0 Å². The molecular weight excluding hydrogens is 242 g/mol. The number of carbonyl (C=O) groups is 2. The van der Waals surface area contributed by atoms with E-state index in [2.05, 4.69) is 0 Å². The molecule has 0 saturated heterocycles. The van der Waals surface area contributed by atoms with Gasteiger partial charge < -0.3 is 14.4 Å². The third kappa shape index (κ3) is 6.60. The van der Waals surface area contributed by atoms with Crippen molar-refractivity contribution >= 4 is 12.4 Å². The molecule has 0 aromatic heterocycles. The van der Waals surface area contributed by atoms with Crippen molar-refractivity contribution in [2.75, 3.05) is 13.1 Å². The van der Waals surface area contributed by atoms with Crippen LogP contribution < -0.4 is 0 Å². The Hall–Kier alpha value is -1.06. The van der Waals surface area contributed by atoms with Gasteiger partial charge in [-0.25, -0.2) is 4.79 Å².